The third-order valence-corrected chi connectivity index (χ3v) is 7.09. The first kappa shape index (κ1) is 23.0. The molecule has 0 bridgehead atoms. The summed E-state index contributed by atoms with van der Waals surface area (Å²) in [6.07, 6.45) is 0.354. The molecule has 0 atom stereocenters. The molecule has 31 heavy (non-hydrogen) atoms. The summed E-state index contributed by atoms with van der Waals surface area (Å²) in [6, 6.07) is 16.6. The molecule has 0 spiro atoms. The number of nitrogens with zero attached hydrogens (tertiary/aromatic N) is 2. The van der Waals surface area contributed by atoms with Gasteiger partial charge in [-0.15, -0.1) is 0 Å². The second kappa shape index (κ2) is 10.1. The minimum atomic E-state index is -3.23. The maximum absolute atomic E-state index is 12.7. The van der Waals surface area contributed by atoms with Crippen LogP contribution in [0.5, 0.6) is 0 Å². The third kappa shape index (κ3) is 6.18. The van der Waals surface area contributed by atoms with E-state index in [1.54, 1.807) is 23.7 Å². The van der Waals surface area contributed by atoms with Gasteiger partial charge in [0.05, 0.1) is 29.3 Å². The molecule has 0 fully saturated rings. The number of amides is 1. The van der Waals surface area contributed by atoms with Crippen LogP contribution in [-0.4, -0.2) is 36.4 Å². The zero-order valence-electron chi connectivity index (χ0n) is 17.6. The fraction of sp³-hybridized carbons (Fsp3) is 0.304. The maximum atomic E-state index is 12.7. The number of rotatable bonds is 9. The lowest BCUT2D eigenvalue weighted by atomic mass is 10.1. The Labute approximate surface area is 188 Å². The molecule has 164 valence electrons. The number of hydrogen-bond donors (Lipinski definition) is 1. The highest BCUT2D eigenvalue weighted by Gasteiger charge is 2.19. The number of carbonyl (C=O) groups excluding carboxylic acids is 1. The SMILES string of the molecule is Cc1nn(Cc2ccccc2Cl)c(C)c1C(=O)NCCCS(=O)(=O)Cc1ccccc1. The van der Waals surface area contributed by atoms with Crippen molar-refractivity contribution in [3.8, 4) is 0 Å². The van der Waals surface area contributed by atoms with Gasteiger partial charge >= 0.3 is 0 Å². The number of sulfone groups is 1. The summed E-state index contributed by atoms with van der Waals surface area (Å²) in [4.78, 5) is 12.7. The summed E-state index contributed by atoms with van der Waals surface area (Å²) in [6.45, 7) is 4.38. The molecule has 0 unspecified atom stereocenters. The highest BCUT2D eigenvalue weighted by molar-refractivity contribution is 7.90. The fourth-order valence-electron chi connectivity index (χ4n) is 3.45. The molecule has 0 saturated heterocycles. The molecule has 3 aromatic rings. The van der Waals surface area contributed by atoms with Gasteiger partial charge in [0.15, 0.2) is 9.84 Å². The van der Waals surface area contributed by atoms with Crippen molar-refractivity contribution in [1.29, 1.82) is 0 Å². The molecular formula is C23H26ClN3O3S. The van der Waals surface area contributed by atoms with E-state index >= 15 is 0 Å². The van der Waals surface area contributed by atoms with Crippen LogP contribution in [0.3, 0.4) is 0 Å². The van der Waals surface area contributed by atoms with Gasteiger partial charge < -0.3 is 5.32 Å². The standard InChI is InChI=1S/C23H26ClN3O3S/c1-17-22(18(2)27(26-17)15-20-11-6-7-12-21(20)24)23(28)25-13-8-14-31(29,30)16-19-9-4-3-5-10-19/h3-7,9-12H,8,13-16H2,1-2H3,(H,25,28). The second-order valence-electron chi connectivity index (χ2n) is 7.48. The van der Waals surface area contributed by atoms with Gasteiger partial charge in [-0.2, -0.15) is 5.10 Å². The third-order valence-electron chi connectivity index (χ3n) is 5.03. The van der Waals surface area contributed by atoms with Crippen LogP contribution in [-0.2, 0) is 22.1 Å². The van der Waals surface area contributed by atoms with E-state index in [-0.39, 0.29) is 24.0 Å². The van der Waals surface area contributed by atoms with Crippen molar-refractivity contribution in [2.24, 2.45) is 0 Å². The van der Waals surface area contributed by atoms with E-state index in [1.807, 2.05) is 49.4 Å². The predicted octanol–water partition coefficient (Wildman–Crippen LogP) is 3.94. The molecule has 0 radical (unpaired) electrons. The highest BCUT2D eigenvalue weighted by Crippen LogP contribution is 2.19. The van der Waals surface area contributed by atoms with Crippen molar-refractivity contribution < 1.29 is 13.2 Å². The van der Waals surface area contributed by atoms with Crippen LogP contribution >= 0.6 is 11.6 Å². The van der Waals surface area contributed by atoms with Crippen LogP contribution in [0.15, 0.2) is 54.6 Å². The number of carbonyl (C=O) groups is 1. The first-order valence-electron chi connectivity index (χ1n) is 10.1. The molecule has 1 amide bonds. The number of aryl methyl sites for hydroxylation is 1. The minimum absolute atomic E-state index is 0.00875. The molecule has 8 heteroatoms. The van der Waals surface area contributed by atoms with Gasteiger partial charge in [0.25, 0.3) is 5.91 Å². The second-order valence-corrected chi connectivity index (χ2v) is 10.1. The summed E-state index contributed by atoms with van der Waals surface area (Å²) in [7, 11) is -3.23. The van der Waals surface area contributed by atoms with Gasteiger partial charge in [-0.25, -0.2) is 8.42 Å². The van der Waals surface area contributed by atoms with Gasteiger partial charge in [0.1, 0.15) is 0 Å². The number of benzene rings is 2. The van der Waals surface area contributed by atoms with Crippen molar-refractivity contribution >= 4 is 27.3 Å². The smallest absolute Gasteiger partial charge is 0.255 e. The van der Waals surface area contributed by atoms with Gasteiger partial charge in [-0.1, -0.05) is 60.1 Å². The average Bonchev–Trinajstić information content (AvgIpc) is 3.00. The number of hydrogen-bond acceptors (Lipinski definition) is 4. The molecule has 6 nitrogen and oxygen atoms in total. The Morgan fingerprint density at radius 1 is 1.06 bits per heavy atom. The molecule has 0 aliphatic rings. The zero-order chi connectivity index (χ0) is 22.4. The lowest BCUT2D eigenvalue weighted by Crippen LogP contribution is -2.27. The Balaban J connectivity index is 1.56. The van der Waals surface area contributed by atoms with E-state index in [4.69, 9.17) is 11.6 Å². The summed E-state index contributed by atoms with van der Waals surface area (Å²) >= 11 is 6.24. The summed E-state index contributed by atoms with van der Waals surface area (Å²) in [5, 5.41) is 7.96. The Kier molecular flexibility index (Phi) is 7.51. The Morgan fingerprint density at radius 3 is 2.45 bits per heavy atom. The quantitative estimate of drug-likeness (QED) is 0.491. The summed E-state index contributed by atoms with van der Waals surface area (Å²) in [5.41, 5.74) is 3.57. The molecule has 0 aliphatic carbocycles. The molecule has 0 aliphatic heterocycles. The molecule has 1 N–H and O–H groups in total. The molecule has 3 rings (SSSR count). The van der Waals surface area contributed by atoms with Gasteiger partial charge in [0.2, 0.25) is 0 Å². The van der Waals surface area contributed by atoms with E-state index in [1.165, 1.54) is 0 Å². The van der Waals surface area contributed by atoms with Crippen LogP contribution in [0.25, 0.3) is 0 Å². The molecular weight excluding hydrogens is 434 g/mol. The topological polar surface area (TPSA) is 81.1 Å². The Morgan fingerprint density at radius 2 is 1.74 bits per heavy atom. The monoisotopic (exact) mass is 459 g/mol. The Bertz CT molecular complexity index is 1160. The van der Waals surface area contributed by atoms with Crippen LogP contribution in [0.1, 0.15) is 39.3 Å². The lowest BCUT2D eigenvalue weighted by molar-refractivity contribution is 0.0952. The minimum Gasteiger partial charge on any atom is -0.352 e. The zero-order valence-corrected chi connectivity index (χ0v) is 19.2. The number of nitrogens with one attached hydrogen (secondary N) is 1. The van der Waals surface area contributed by atoms with E-state index < -0.39 is 9.84 Å². The fourth-order valence-corrected chi connectivity index (χ4v) is 5.07. The highest BCUT2D eigenvalue weighted by atomic mass is 35.5. The molecule has 1 heterocycles. The number of aromatic nitrogens is 2. The van der Waals surface area contributed by atoms with E-state index in [0.717, 1.165) is 16.8 Å². The first-order chi connectivity index (χ1) is 14.8. The normalized spacial score (nSPS) is 11.5. The van der Waals surface area contributed by atoms with Gasteiger partial charge in [-0.3, -0.25) is 9.48 Å². The maximum Gasteiger partial charge on any atom is 0.255 e. The van der Waals surface area contributed by atoms with Crippen LogP contribution in [0, 0.1) is 13.8 Å². The largest absolute Gasteiger partial charge is 0.352 e. The summed E-state index contributed by atoms with van der Waals surface area (Å²) < 4.78 is 26.3. The van der Waals surface area contributed by atoms with Crippen molar-refractivity contribution in [2.45, 2.75) is 32.6 Å². The number of halogens is 1. The molecule has 2 aromatic carbocycles. The molecule has 1 aromatic heterocycles. The predicted molar refractivity (Wildman–Crippen MR) is 123 cm³/mol. The van der Waals surface area contributed by atoms with Crippen molar-refractivity contribution in [3.05, 3.63) is 87.7 Å². The van der Waals surface area contributed by atoms with Crippen LogP contribution in [0.2, 0.25) is 5.02 Å². The van der Waals surface area contributed by atoms with Gasteiger partial charge in [-0.05, 0) is 37.5 Å². The summed E-state index contributed by atoms with van der Waals surface area (Å²) in [5.74, 6) is -0.221. The average molecular weight is 460 g/mol. The van der Waals surface area contributed by atoms with E-state index in [2.05, 4.69) is 10.4 Å². The van der Waals surface area contributed by atoms with Crippen molar-refractivity contribution in [2.75, 3.05) is 12.3 Å². The molecule has 0 saturated carbocycles. The Hall–Kier alpha value is -2.64. The van der Waals surface area contributed by atoms with E-state index in [0.29, 0.717) is 29.2 Å². The van der Waals surface area contributed by atoms with Gasteiger partial charge in [0, 0.05) is 17.3 Å². The van der Waals surface area contributed by atoms with Crippen molar-refractivity contribution in [1.82, 2.24) is 15.1 Å². The van der Waals surface area contributed by atoms with Crippen LogP contribution < -0.4 is 5.32 Å². The first-order valence-corrected chi connectivity index (χ1v) is 12.3. The van der Waals surface area contributed by atoms with E-state index in [9.17, 15) is 13.2 Å². The van der Waals surface area contributed by atoms with Crippen molar-refractivity contribution in [3.63, 3.8) is 0 Å². The van der Waals surface area contributed by atoms with Crippen LogP contribution in [0.4, 0.5) is 0 Å². The lowest BCUT2D eigenvalue weighted by Gasteiger charge is -2.08.